The Bertz CT molecular complexity index is 1150. The summed E-state index contributed by atoms with van der Waals surface area (Å²) >= 11 is 0. The van der Waals surface area contributed by atoms with E-state index in [4.69, 9.17) is 9.47 Å². The lowest BCUT2D eigenvalue weighted by atomic mass is 10.2. The summed E-state index contributed by atoms with van der Waals surface area (Å²) in [4.78, 5) is 12.9. The third-order valence-electron chi connectivity index (χ3n) is 4.96. The largest absolute Gasteiger partial charge is 0.496 e. The summed E-state index contributed by atoms with van der Waals surface area (Å²) in [7, 11) is -2.37. The first kappa shape index (κ1) is 24.3. The van der Waals surface area contributed by atoms with Crippen molar-refractivity contribution in [1.82, 2.24) is 9.62 Å². The van der Waals surface area contributed by atoms with Gasteiger partial charge in [0.15, 0.2) is 0 Å². The van der Waals surface area contributed by atoms with Crippen LogP contribution in [0.25, 0.3) is 0 Å². The minimum Gasteiger partial charge on any atom is -0.496 e. The third-order valence-corrected chi connectivity index (χ3v) is 6.77. The zero-order valence-electron chi connectivity index (χ0n) is 18.7. The lowest BCUT2D eigenvalue weighted by Gasteiger charge is -2.22. The standard InChI is InChI=1S/C25H28N2O5S/c1-3-32-22-13-15-23(16-14-22)33(29,30)27(18-20-9-5-4-6-10-20)19-25(28)26-17-21-11-7-8-12-24(21)31-2/h4-16H,3,17-19H2,1-2H3,(H,26,28). The van der Waals surface area contributed by atoms with Gasteiger partial charge < -0.3 is 14.8 Å². The number of ether oxygens (including phenoxy) is 2. The van der Waals surface area contributed by atoms with Crippen LogP contribution in [0.1, 0.15) is 18.1 Å². The average molecular weight is 469 g/mol. The van der Waals surface area contributed by atoms with Gasteiger partial charge in [0.05, 0.1) is 25.2 Å². The van der Waals surface area contributed by atoms with Gasteiger partial charge in [-0.25, -0.2) is 8.42 Å². The van der Waals surface area contributed by atoms with Gasteiger partial charge in [0, 0.05) is 18.7 Å². The fourth-order valence-electron chi connectivity index (χ4n) is 3.30. The summed E-state index contributed by atoms with van der Waals surface area (Å²) in [5, 5.41) is 2.79. The van der Waals surface area contributed by atoms with E-state index in [1.807, 2.05) is 55.5 Å². The molecule has 3 rings (SSSR count). The molecule has 1 N–H and O–H groups in total. The van der Waals surface area contributed by atoms with E-state index in [1.165, 1.54) is 16.4 Å². The van der Waals surface area contributed by atoms with Crippen LogP contribution in [0.5, 0.6) is 11.5 Å². The van der Waals surface area contributed by atoms with E-state index in [2.05, 4.69) is 5.32 Å². The molecule has 8 heteroatoms. The molecule has 0 saturated heterocycles. The van der Waals surface area contributed by atoms with Crippen molar-refractivity contribution in [2.45, 2.75) is 24.9 Å². The van der Waals surface area contributed by atoms with Crippen molar-refractivity contribution in [3.8, 4) is 11.5 Å². The molecule has 0 aliphatic carbocycles. The average Bonchev–Trinajstić information content (AvgIpc) is 2.83. The van der Waals surface area contributed by atoms with E-state index < -0.39 is 15.9 Å². The molecule has 0 atom stereocenters. The van der Waals surface area contributed by atoms with Gasteiger partial charge in [-0.2, -0.15) is 4.31 Å². The lowest BCUT2D eigenvalue weighted by molar-refractivity contribution is -0.121. The van der Waals surface area contributed by atoms with Crippen LogP contribution in [-0.4, -0.2) is 38.9 Å². The van der Waals surface area contributed by atoms with Crippen LogP contribution in [0.15, 0.2) is 83.8 Å². The van der Waals surface area contributed by atoms with Crippen LogP contribution in [0, 0.1) is 0 Å². The Morgan fingerprint density at radius 2 is 1.61 bits per heavy atom. The molecule has 3 aromatic rings. The van der Waals surface area contributed by atoms with Crippen LogP contribution < -0.4 is 14.8 Å². The molecular formula is C25H28N2O5S. The van der Waals surface area contributed by atoms with Crippen molar-refractivity contribution in [3.63, 3.8) is 0 Å². The number of rotatable bonds is 11. The SMILES string of the molecule is CCOc1ccc(S(=O)(=O)N(CC(=O)NCc2ccccc2OC)Cc2ccccc2)cc1. The smallest absolute Gasteiger partial charge is 0.243 e. The molecule has 0 radical (unpaired) electrons. The van der Waals surface area contributed by atoms with Crippen LogP contribution >= 0.6 is 0 Å². The minimum atomic E-state index is -3.93. The lowest BCUT2D eigenvalue weighted by Crippen LogP contribution is -2.40. The van der Waals surface area contributed by atoms with Crippen molar-refractivity contribution in [1.29, 1.82) is 0 Å². The first-order valence-electron chi connectivity index (χ1n) is 10.6. The molecule has 33 heavy (non-hydrogen) atoms. The Morgan fingerprint density at radius 3 is 2.27 bits per heavy atom. The van der Waals surface area contributed by atoms with E-state index in [0.29, 0.717) is 18.1 Å². The predicted octanol–water partition coefficient (Wildman–Crippen LogP) is 3.60. The van der Waals surface area contributed by atoms with Crippen molar-refractivity contribution >= 4 is 15.9 Å². The Labute approximate surface area is 195 Å². The number of amides is 1. The number of nitrogens with zero attached hydrogens (tertiary/aromatic N) is 1. The summed E-state index contributed by atoms with van der Waals surface area (Å²) < 4.78 is 38.7. The number of sulfonamides is 1. The van der Waals surface area contributed by atoms with Gasteiger partial charge in [0.1, 0.15) is 11.5 Å². The summed E-state index contributed by atoms with van der Waals surface area (Å²) in [5.41, 5.74) is 1.59. The molecule has 0 heterocycles. The highest BCUT2D eigenvalue weighted by atomic mass is 32.2. The maximum absolute atomic E-state index is 13.4. The first-order chi connectivity index (χ1) is 15.9. The molecule has 0 aromatic heterocycles. The van der Waals surface area contributed by atoms with Crippen LogP contribution in [0.4, 0.5) is 0 Å². The second-order valence-electron chi connectivity index (χ2n) is 7.25. The highest BCUT2D eigenvalue weighted by molar-refractivity contribution is 7.89. The number of methoxy groups -OCH3 is 1. The maximum atomic E-state index is 13.4. The van der Waals surface area contributed by atoms with Gasteiger partial charge in [-0.1, -0.05) is 48.5 Å². The molecule has 0 unspecified atom stereocenters. The van der Waals surface area contributed by atoms with Crippen LogP contribution in [0.2, 0.25) is 0 Å². The van der Waals surface area contributed by atoms with Crippen molar-refractivity contribution in [2.24, 2.45) is 0 Å². The fraction of sp³-hybridized carbons (Fsp3) is 0.240. The molecule has 0 saturated carbocycles. The number of carbonyl (C=O) groups excluding carboxylic acids is 1. The number of benzene rings is 3. The summed E-state index contributed by atoms with van der Waals surface area (Å²) in [6, 6.07) is 22.7. The van der Waals surface area contributed by atoms with Crippen molar-refractivity contribution < 1.29 is 22.7 Å². The van der Waals surface area contributed by atoms with Gasteiger partial charge in [0.2, 0.25) is 15.9 Å². The Hall–Kier alpha value is -3.36. The summed E-state index contributed by atoms with van der Waals surface area (Å²) in [6.45, 7) is 2.32. The van der Waals surface area contributed by atoms with Crippen LogP contribution in [-0.2, 0) is 27.9 Å². The molecule has 0 bridgehead atoms. The Kier molecular flexibility index (Phi) is 8.46. The van der Waals surface area contributed by atoms with Gasteiger partial charge in [-0.15, -0.1) is 0 Å². The third kappa shape index (κ3) is 6.57. The summed E-state index contributed by atoms with van der Waals surface area (Å²) in [6.07, 6.45) is 0. The predicted molar refractivity (Wildman–Crippen MR) is 126 cm³/mol. The van der Waals surface area contributed by atoms with Gasteiger partial charge in [0.25, 0.3) is 0 Å². The fourth-order valence-corrected chi connectivity index (χ4v) is 4.68. The second-order valence-corrected chi connectivity index (χ2v) is 9.19. The monoisotopic (exact) mass is 468 g/mol. The number of para-hydroxylation sites is 1. The second kappa shape index (κ2) is 11.5. The zero-order valence-corrected chi connectivity index (χ0v) is 19.5. The molecule has 0 spiro atoms. The number of carbonyl (C=O) groups is 1. The van der Waals surface area contributed by atoms with E-state index >= 15 is 0 Å². The van der Waals surface area contributed by atoms with Gasteiger partial charge >= 0.3 is 0 Å². The normalized spacial score (nSPS) is 11.2. The maximum Gasteiger partial charge on any atom is 0.243 e. The first-order valence-corrected chi connectivity index (χ1v) is 12.0. The topological polar surface area (TPSA) is 84.9 Å². The van der Waals surface area contributed by atoms with Crippen molar-refractivity contribution in [2.75, 3.05) is 20.3 Å². The van der Waals surface area contributed by atoms with Gasteiger partial charge in [-0.3, -0.25) is 4.79 Å². The highest BCUT2D eigenvalue weighted by Crippen LogP contribution is 2.22. The number of hydrogen-bond donors (Lipinski definition) is 1. The minimum absolute atomic E-state index is 0.0679. The zero-order chi connectivity index (χ0) is 23.7. The Balaban J connectivity index is 1.79. The highest BCUT2D eigenvalue weighted by Gasteiger charge is 2.27. The van der Waals surface area contributed by atoms with Gasteiger partial charge in [-0.05, 0) is 42.8 Å². The van der Waals surface area contributed by atoms with Crippen molar-refractivity contribution in [3.05, 3.63) is 90.0 Å². The number of nitrogens with one attached hydrogen (secondary N) is 1. The van der Waals surface area contributed by atoms with E-state index in [1.54, 1.807) is 25.3 Å². The van der Waals surface area contributed by atoms with E-state index in [0.717, 1.165) is 11.1 Å². The Morgan fingerprint density at radius 1 is 0.939 bits per heavy atom. The van der Waals surface area contributed by atoms with Crippen LogP contribution in [0.3, 0.4) is 0 Å². The molecule has 174 valence electrons. The van der Waals surface area contributed by atoms with E-state index in [-0.39, 0.29) is 24.5 Å². The molecule has 3 aromatic carbocycles. The molecule has 1 amide bonds. The molecular weight excluding hydrogens is 440 g/mol. The molecule has 0 aliphatic heterocycles. The quantitative estimate of drug-likeness (QED) is 0.465. The number of hydrogen-bond acceptors (Lipinski definition) is 5. The molecule has 0 aliphatic rings. The molecule has 0 fully saturated rings. The summed E-state index contributed by atoms with van der Waals surface area (Å²) in [5.74, 6) is 0.827. The van der Waals surface area contributed by atoms with E-state index in [9.17, 15) is 13.2 Å². The molecule has 7 nitrogen and oxygen atoms in total.